The number of hydrogen-bond acceptors (Lipinski definition) is 5. The molecule has 1 atom stereocenters. The fraction of sp³-hybridized carbons (Fsp3) is 0.500. The first-order valence-corrected chi connectivity index (χ1v) is 10.9. The lowest BCUT2D eigenvalue weighted by atomic mass is 10.0. The van der Waals surface area contributed by atoms with Crippen LogP contribution in [0.4, 0.5) is 5.69 Å². The van der Waals surface area contributed by atoms with Crippen molar-refractivity contribution < 1.29 is 19.1 Å². The molecule has 0 heterocycles. The summed E-state index contributed by atoms with van der Waals surface area (Å²) >= 11 is 0. The van der Waals surface area contributed by atoms with Gasteiger partial charge >= 0.3 is 5.97 Å². The largest absolute Gasteiger partial charge is 0.469 e. The number of carbonyl (C=O) groups is 3. The van der Waals surface area contributed by atoms with E-state index in [2.05, 4.69) is 41.3 Å². The summed E-state index contributed by atoms with van der Waals surface area (Å²) in [5.41, 5.74) is 3.65. The number of aryl methyl sites for hydroxylation is 1. The Balaban J connectivity index is 0.000000472. The van der Waals surface area contributed by atoms with Crippen molar-refractivity contribution in [2.24, 2.45) is 5.92 Å². The molecule has 172 valence electrons. The summed E-state index contributed by atoms with van der Waals surface area (Å²) in [7, 11) is 1.38. The minimum Gasteiger partial charge on any atom is -0.469 e. The van der Waals surface area contributed by atoms with Gasteiger partial charge in [-0.25, -0.2) is 0 Å². The van der Waals surface area contributed by atoms with Gasteiger partial charge in [0, 0.05) is 31.0 Å². The molecule has 31 heavy (non-hydrogen) atoms. The Morgan fingerprint density at radius 3 is 2.26 bits per heavy atom. The summed E-state index contributed by atoms with van der Waals surface area (Å²) < 4.78 is 4.26. The van der Waals surface area contributed by atoms with Gasteiger partial charge in [-0.15, -0.1) is 0 Å². The van der Waals surface area contributed by atoms with Crippen molar-refractivity contribution in [2.75, 3.05) is 19.0 Å². The number of benzene rings is 1. The molecule has 0 saturated heterocycles. The Hall–Kier alpha value is -2.69. The van der Waals surface area contributed by atoms with E-state index in [1.165, 1.54) is 18.2 Å². The summed E-state index contributed by atoms with van der Waals surface area (Å²) in [6, 6.07) is 8.09. The zero-order valence-electron chi connectivity index (χ0n) is 20.0. The molecule has 0 fully saturated rings. The maximum atomic E-state index is 11.0. The molecule has 1 unspecified atom stereocenters. The molecule has 0 aromatic heterocycles. The second-order valence-corrected chi connectivity index (χ2v) is 7.60. The number of para-hydroxylation sites is 1. The predicted octanol–water partition coefficient (Wildman–Crippen LogP) is 5.83. The molecule has 1 aliphatic carbocycles. The van der Waals surface area contributed by atoms with E-state index in [9.17, 15) is 14.4 Å². The number of esters is 1. The van der Waals surface area contributed by atoms with Crippen molar-refractivity contribution in [3.8, 4) is 0 Å². The van der Waals surface area contributed by atoms with Crippen LogP contribution in [0.25, 0.3) is 0 Å². The van der Waals surface area contributed by atoms with Crippen molar-refractivity contribution >= 4 is 23.2 Å². The summed E-state index contributed by atoms with van der Waals surface area (Å²) in [6.07, 6.45) is 10.9. The minimum atomic E-state index is -0.157. The monoisotopic (exact) mass is 429 g/mol. The summed E-state index contributed by atoms with van der Waals surface area (Å²) in [6.45, 7) is 9.73. The van der Waals surface area contributed by atoms with Gasteiger partial charge in [-0.05, 0) is 51.7 Å². The van der Waals surface area contributed by atoms with Crippen LogP contribution in [-0.2, 0) is 19.1 Å². The van der Waals surface area contributed by atoms with E-state index in [4.69, 9.17) is 0 Å². The first-order valence-electron chi connectivity index (χ1n) is 10.9. The molecule has 1 N–H and O–H groups in total. The summed E-state index contributed by atoms with van der Waals surface area (Å²) in [5.74, 6) is 0.431. The number of nitrogens with one attached hydrogen (secondary N) is 1. The highest BCUT2D eigenvalue weighted by Crippen LogP contribution is 2.15. The van der Waals surface area contributed by atoms with Crippen LogP contribution in [-0.4, -0.2) is 31.2 Å². The highest BCUT2D eigenvalue weighted by Gasteiger charge is 2.07. The zero-order chi connectivity index (χ0) is 23.6. The lowest BCUT2D eigenvalue weighted by Gasteiger charge is -2.12. The molecule has 1 aromatic rings. The van der Waals surface area contributed by atoms with Crippen molar-refractivity contribution in [2.45, 2.75) is 66.7 Å². The fourth-order valence-corrected chi connectivity index (χ4v) is 2.50. The number of hydrogen-bond donors (Lipinski definition) is 1. The molecule has 0 aliphatic heterocycles. The third kappa shape index (κ3) is 14.9. The standard InChI is InChI=1S/C12H17NO.C10H14O.C4H8O2/c1-9-6-4-5-7-12(9)13-8-10(2)11(3)14;1-9(11)7-8-10-5-3-2-4-6-10;1-3-4(5)6-2/h4-7,10,13H,8H2,1-3H3;3,5-6H,2,4,7-8H2,1H3;3H2,1-2H3. The van der Waals surface area contributed by atoms with E-state index >= 15 is 0 Å². The maximum absolute atomic E-state index is 11.0. The van der Waals surface area contributed by atoms with Gasteiger partial charge in [-0.1, -0.05) is 55.8 Å². The smallest absolute Gasteiger partial charge is 0.305 e. The topological polar surface area (TPSA) is 72.5 Å². The quantitative estimate of drug-likeness (QED) is 0.526. The van der Waals surface area contributed by atoms with Gasteiger partial charge in [0.1, 0.15) is 11.6 Å². The Morgan fingerprint density at radius 2 is 1.81 bits per heavy atom. The van der Waals surface area contributed by atoms with Crippen LogP contribution in [0.2, 0.25) is 0 Å². The van der Waals surface area contributed by atoms with Gasteiger partial charge in [-0.3, -0.25) is 9.59 Å². The molecule has 5 heteroatoms. The van der Waals surface area contributed by atoms with Gasteiger partial charge in [0.05, 0.1) is 7.11 Å². The fourth-order valence-electron chi connectivity index (χ4n) is 2.50. The van der Waals surface area contributed by atoms with E-state index in [0.29, 0.717) is 19.4 Å². The number of Topliss-reactive ketones (excluding diaryl/α,β-unsaturated/α-hetero) is 2. The molecule has 0 spiro atoms. The van der Waals surface area contributed by atoms with Crippen LogP contribution < -0.4 is 5.32 Å². The summed E-state index contributed by atoms with van der Waals surface area (Å²) in [4.78, 5) is 31.6. The van der Waals surface area contributed by atoms with Gasteiger partial charge in [-0.2, -0.15) is 0 Å². The van der Waals surface area contributed by atoms with Crippen LogP contribution in [0.3, 0.4) is 0 Å². The van der Waals surface area contributed by atoms with E-state index in [0.717, 1.165) is 24.9 Å². The molecule has 1 aliphatic rings. The second-order valence-electron chi connectivity index (χ2n) is 7.60. The zero-order valence-corrected chi connectivity index (χ0v) is 20.0. The highest BCUT2D eigenvalue weighted by atomic mass is 16.5. The SMILES string of the molecule is CC(=O)C(C)CNc1ccccc1C.CC(=O)CCC1=CCCC=C1.CCC(=O)OC. The first kappa shape index (κ1) is 28.3. The van der Waals surface area contributed by atoms with Crippen LogP contribution in [0.15, 0.2) is 48.1 Å². The number of rotatable bonds is 8. The Bertz CT molecular complexity index is 744. The van der Waals surface area contributed by atoms with Crippen LogP contribution >= 0.6 is 0 Å². The number of ketones is 2. The average Bonchev–Trinajstić information content (AvgIpc) is 2.77. The normalized spacial score (nSPS) is 12.8. The van der Waals surface area contributed by atoms with Gasteiger partial charge in [0.2, 0.25) is 0 Å². The molecular weight excluding hydrogens is 390 g/mol. The Labute approximate surface area is 188 Å². The molecule has 0 saturated carbocycles. The molecule has 1 aromatic carbocycles. The average molecular weight is 430 g/mol. The van der Waals surface area contributed by atoms with Crippen molar-refractivity contribution in [1.82, 2.24) is 0 Å². The minimum absolute atomic E-state index is 0.0783. The Kier molecular flexibility index (Phi) is 15.6. The summed E-state index contributed by atoms with van der Waals surface area (Å²) in [5, 5.41) is 3.27. The number of methoxy groups -OCH3 is 1. The molecular formula is C26H39NO4. The van der Waals surface area contributed by atoms with Gasteiger partial charge < -0.3 is 14.8 Å². The third-order valence-electron chi connectivity index (χ3n) is 4.79. The van der Waals surface area contributed by atoms with E-state index in [1.807, 2.05) is 25.1 Å². The molecule has 2 rings (SSSR count). The second kappa shape index (κ2) is 17.0. The lowest BCUT2D eigenvalue weighted by molar-refractivity contribution is -0.140. The van der Waals surface area contributed by atoms with Crippen molar-refractivity contribution in [3.63, 3.8) is 0 Å². The number of carbonyl (C=O) groups excluding carboxylic acids is 3. The van der Waals surface area contributed by atoms with E-state index in [-0.39, 0.29) is 23.5 Å². The van der Waals surface area contributed by atoms with Crippen molar-refractivity contribution in [3.05, 3.63) is 53.6 Å². The molecule has 5 nitrogen and oxygen atoms in total. The molecule has 0 bridgehead atoms. The lowest BCUT2D eigenvalue weighted by Crippen LogP contribution is -2.18. The van der Waals surface area contributed by atoms with E-state index in [1.54, 1.807) is 20.8 Å². The van der Waals surface area contributed by atoms with Crippen molar-refractivity contribution in [1.29, 1.82) is 0 Å². The number of allylic oxidation sites excluding steroid dienone is 4. The first-order chi connectivity index (χ1) is 14.7. The van der Waals surface area contributed by atoms with Crippen LogP contribution in [0.5, 0.6) is 0 Å². The third-order valence-corrected chi connectivity index (χ3v) is 4.79. The Morgan fingerprint density at radius 1 is 1.13 bits per heavy atom. The van der Waals surface area contributed by atoms with Crippen LogP contribution in [0.1, 0.15) is 65.4 Å². The maximum Gasteiger partial charge on any atom is 0.305 e. The van der Waals surface area contributed by atoms with Crippen LogP contribution in [0, 0.1) is 12.8 Å². The van der Waals surface area contributed by atoms with Gasteiger partial charge in [0.25, 0.3) is 0 Å². The highest BCUT2D eigenvalue weighted by molar-refractivity contribution is 5.78. The number of ether oxygens (including phenoxy) is 1. The van der Waals surface area contributed by atoms with E-state index < -0.39 is 0 Å². The predicted molar refractivity (Wildman–Crippen MR) is 128 cm³/mol. The molecule has 0 radical (unpaired) electrons. The molecule has 0 amide bonds. The van der Waals surface area contributed by atoms with Gasteiger partial charge in [0.15, 0.2) is 0 Å². The number of anilines is 1.